The SMILES string of the molecule is CCCNC(C)(CCn1cc(I)cn1)C(=O)OCC. The van der Waals surface area contributed by atoms with E-state index in [-0.39, 0.29) is 5.97 Å². The van der Waals surface area contributed by atoms with Crippen LogP contribution in [0.3, 0.4) is 0 Å². The molecular formula is C13H22IN3O2. The van der Waals surface area contributed by atoms with Crippen molar-refractivity contribution in [2.75, 3.05) is 13.2 Å². The number of aromatic nitrogens is 2. The molecule has 1 aromatic rings. The van der Waals surface area contributed by atoms with Crippen LogP contribution in [0, 0.1) is 3.57 Å². The molecule has 0 aliphatic rings. The van der Waals surface area contributed by atoms with Crippen molar-refractivity contribution in [3.63, 3.8) is 0 Å². The molecule has 0 aliphatic carbocycles. The van der Waals surface area contributed by atoms with E-state index in [2.05, 4.69) is 39.9 Å². The third kappa shape index (κ3) is 5.10. The van der Waals surface area contributed by atoms with Crippen LogP contribution in [0.15, 0.2) is 12.4 Å². The summed E-state index contributed by atoms with van der Waals surface area (Å²) in [6.07, 6.45) is 5.41. The van der Waals surface area contributed by atoms with Crippen molar-refractivity contribution in [2.24, 2.45) is 0 Å². The summed E-state index contributed by atoms with van der Waals surface area (Å²) in [5.41, 5.74) is -0.649. The smallest absolute Gasteiger partial charge is 0.326 e. The molecule has 1 unspecified atom stereocenters. The average molecular weight is 379 g/mol. The van der Waals surface area contributed by atoms with Gasteiger partial charge in [0.1, 0.15) is 5.54 Å². The summed E-state index contributed by atoms with van der Waals surface area (Å²) < 4.78 is 8.11. The van der Waals surface area contributed by atoms with Gasteiger partial charge in [0, 0.05) is 12.7 Å². The number of hydrogen-bond donors (Lipinski definition) is 1. The Morgan fingerprint density at radius 2 is 2.32 bits per heavy atom. The van der Waals surface area contributed by atoms with Crippen molar-refractivity contribution in [3.8, 4) is 0 Å². The fourth-order valence-corrected chi connectivity index (χ4v) is 2.20. The molecule has 1 atom stereocenters. The number of halogens is 1. The van der Waals surface area contributed by atoms with Gasteiger partial charge in [0.2, 0.25) is 0 Å². The van der Waals surface area contributed by atoms with Crippen LogP contribution in [0.5, 0.6) is 0 Å². The molecule has 0 bridgehead atoms. The summed E-state index contributed by atoms with van der Waals surface area (Å²) in [5.74, 6) is -0.190. The van der Waals surface area contributed by atoms with Crippen LogP contribution in [0.25, 0.3) is 0 Å². The second-order valence-corrected chi connectivity index (χ2v) is 5.90. The van der Waals surface area contributed by atoms with Crippen LogP contribution in [0.4, 0.5) is 0 Å². The fraction of sp³-hybridized carbons (Fsp3) is 0.692. The maximum atomic E-state index is 12.1. The van der Waals surface area contributed by atoms with Crippen LogP contribution >= 0.6 is 22.6 Å². The number of rotatable bonds is 8. The third-order valence-electron chi connectivity index (χ3n) is 2.93. The van der Waals surface area contributed by atoms with E-state index in [1.165, 1.54) is 0 Å². The predicted molar refractivity (Wildman–Crippen MR) is 82.9 cm³/mol. The monoisotopic (exact) mass is 379 g/mol. The van der Waals surface area contributed by atoms with Crippen LogP contribution in [-0.4, -0.2) is 34.4 Å². The number of esters is 1. The van der Waals surface area contributed by atoms with Crippen molar-refractivity contribution in [2.45, 2.75) is 45.7 Å². The highest BCUT2D eigenvalue weighted by molar-refractivity contribution is 14.1. The van der Waals surface area contributed by atoms with Crippen molar-refractivity contribution in [1.82, 2.24) is 15.1 Å². The first-order valence-electron chi connectivity index (χ1n) is 6.62. The number of hydrogen-bond acceptors (Lipinski definition) is 4. The summed E-state index contributed by atoms with van der Waals surface area (Å²) >= 11 is 2.22. The van der Waals surface area contributed by atoms with E-state index < -0.39 is 5.54 Å². The number of carbonyl (C=O) groups excluding carboxylic acids is 1. The zero-order valence-electron chi connectivity index (χ0n) is 11.8. The minimum atomic E-state index is -0.649. The standard InChI is InChI=1S/C13H22IN3O2/c1-4-7-15-13(3,12(18)19-5-2)6-8-17-10-11(14)9-16-17/h9-10,15H,4-8H2,1-3H3. The topological polar surface area (TPSA) is 56.2 Å². The Kier molecular flexibility index (Phi) is 6.78. The van der Waals surface area contributed by atoms with E-state index in [9.17, 15) is 4.79 Å². The summed E-state index contributed by atoms with van der Waals surface area (Å²) in [6, 6.07) is 0. The molecule has 5 nitrogen and oxygen atoms in total. The van der Waals surface area contributed by atoms with E-state index in [0.29, 0.717) is 19.6 Å². The van der Waals surface area contributed by atoms with Gasteiger partial charge in [-0.2, -0.15) is 5.10 Å². The number of carbonyl (C=O) groups is 1. The highest BCUT2D eigenvalue weighted by atomic mass is 127. The van der Waals surface area contributed by atoms with E-state index in [1.54, 1.807) is 0 Å². The maximum absolute atomic E-state index is 12.1. The Bertz CT molecular complexity index is 408. The van der Waals surface area contributed by atoms with Gasteiger partial charge in [-0.15, -0.1) is 0 Å². The van der Waals surface area contributed by atoms with Gasteiger partial charge in [-0.25, -0.2) is 0 Å². The van der Waals surface area contributed by atoms with Crippen molar-refractivity contribution in [3.05, 3.63) is 16.0 Å². The lowest BCUT2D eigenvalue weighted by molar-refractivity contribution is -0.151. The highest BCUT2D eigenvalue weighted by Gasteiger charge is 2.33. The van der Waals surface area contributed by atoms with Gasteiger partial charge in [0.05, 0.1) is 16.4 Å². The molecule has 0 saturated carbocycles. The molecule has 1 N–H and O–H groups in total. The van der Waals surface area contributed by atoms with Crippen LogP contribution in [0.1, 0.15) is 33.6 Å². The van der Waals surface area contributed by atoms with Gasteiger partial charge < -0.3 is 10.1 Å². The summed E-state index contributed by atoms with van der Waals surface area (Å²) in [6.45, 7) is 7.69. The number of nitrogens with one attached hydrogen (secondary N) is 1. The first-order valence-corrected chi connectivity index (χ1v) is 7.70. The molecule has 0 radical (unpaired) electrons. The molecule has 0 saturated heterocycles. The minimum absolute atomic E-state index is 0.190. The first-order chi connectivity index (χ1) is 9.01. The maximum Gasteiger partial charge on any atom is 0.326 e. The lowest BCUT2D eigenvalue weighted by Crippen LogP contribution is -2.51. The van der Waals surface area contributed by atoms with Crippen LogP contribution in [-0.2, 0) is 16.1 Å². The summed E-state index contributed by atoms with van der Waals surface area (Å²) in [5, 5.41) is 7.52. The highest BCUT2D eigenvalue weighted by Crippen LogP contribution is 2.14. The number of aryl methyl sites for hydroxylation is 1. The second kappa shape index (κ2) is 7.84. The van der Waals surface area contributed by atoms with Gasteiger partial charge >= 0.3 is 5.97 Å². The second-order valence-electron chi connectivity index (χ2n) is 4.65. The van der Waals surface area contributed by atoms with Crippen molar-refractivity contribution < 1.29 is 9.53 Å². The lowest BCUT2D eigenvalue weighted by Gasteiger charge is -2.28. The molecule has 108 valence electrons. The quantitative estimate of drug-likeness (QED) is 0.556. The lowest BCUT2D eigenvalue weighted by atomic mass is 9.97. The number of nitrogens with zero attached hydrogens (tertiary/aromatic N) is 2. The van der Waals surface area contributed by atoms with E-state index in [1.807, 2.05) is 30.9 Å². The Hall–Kier alpha value is -0.630. The van der Waals surface area contributed by atoms with E-state index in [0.717, 1.165) is 16.5 Å². The van der Waals surface area contributed by atoms with Gasteiger partial charge in [-0.05, 0) is 55.8 Å². The van der Waals surface area contributed by atoms with Crippen LogP contribution in [0.2, 0.25) is 0 Å². The van der Waals surface area contributed by atoms with Crippen LogP contribution < -0.4 is 5.32 Å². The molecule has 0 aromatic carbocycles. The molecule has 6 heteroatoms. The molecule has 19 heavy (non-hydrogen) atoms. The third-order valence-corrected chi connectivity index (χ3v) is 3.49. The van der Waals surface area contributed by atoms with E-state index >= 15 is 0 Å². The summed E-state index contributed by atoms with van der Waals surface area (Å²) in [7, 11) is 0. The molecule has 1 aromatic heterocycles. The van der Waals surface area contributed by atoms with Gasteiger partial charge in [-0.1, -0.05) is 6.92 Å². The van der Waals surface area contributed by atoms with Crippen molar-refractivity contribution >= 4 is 28.6 Å². The molecular weight excluding hydrogens is 357 g/mol. The van der Waals surface area contributed by atoms with Crippen molar-refractivity contribution in [1.29, 1.82) is 0 Å². The zero-order valence-corrected chi connectivity index (χ0v) is 13.9. The van der Waals surface area contributed by atoms with Gasteiger partial charge in [0.25, 0.3) is 0 Å². The Balaban J connectivity index is 2.65. The molecule has 1 rings (SSSR count). The number of ether oxygens (including phenoxy) is 1. The Morgan fingerprint density at radius 3 is 2.84 bits per heavy atom. The minimum Gasteiger partial charge on any atom is -0.465 e. The van der Waals surface area contributed by atoms with E-state index in [4.69, 9.17) is 4.74 Å². The van der Waals surface area contributed by atoms with Gasteiger partial charge in [0.15, 0.2) is 0 Å². The molecule has 0 fully saturated rings. The Morgan fingerprint density at radius 1 is 1.58 bits per heavy atom. The van der Waals surface area contributed by atoms with Gasteiger partial charge in [-0.3, -0.25) is 9.48 Å². The largest absolute Gasteiger partial charge is 0.465 e. The normalized spacial score (nSPS) is 14.1. The first kappa shape index (κ1) is 16.4. The average Bonchev–Trinajstić information content (AvgIpc) is 2.80. The molecule has 0 aliphatic heterocycles. The zero-order chi connectivity index (χ0) is 14.3. The molecule has 1 heterocycles. The summed E-state index contributed by atoms with van der Waals surface area (Å²) in [4.78, 5) is 12.1. The molecule has 0 spiro atoms. The predicted octanol–water partition coefficient (Wildman–Crippen LogP) is 2.20. The fourth-order valence-electron chi connectivity index (χ4n) is 1.75. The molecule has 0 amide bonds. The Labute approximate surface area is 128 Å².